The van der Waals surface area contributed by atoms with Crippen LogP contribution in [0.1, 0.15) is 12.8 Å². The van der Waals surface area contributed by atoms with Gasteiger partial charge in [0.25, 0.3) is 0 Å². The third kappa shape index (κ3) is 2.67. The number of carbonyl (C=O) groups is 1. The highest BCUT2D eigenvalue weighted by Crippen LogP contribution is 2.27. The van der Waals surface area contributed by atoms with E-state index >= 15 is 0 Å². The molecule has 1 aliphatic carbocycles. The number of hydrogen-bond donors (Lipinski definition) is 1. The predicted octanol–water partition coefficient (Wildman–Crippen LogP) is 0.133. The third-order valence-electron chi connectivity index (χ3n) is 2.44. The Bertz CT molecular complexity index is 185. The zero-order chi connectivity index (χ0) is 9.10. The van der Waals surface area contributed by atoms with Gasteiger partial charge >= 0.3 is 0 Å². The number of carbonyl (C=O) groups excluding carboxylic acids is 1. The largest absolute Gasteiger partial charge is 0.355 e. The minimum absolute atomic E-state index is 0.0756. The minimum Gasteiger partial charge on any atom is -0.355 e. The van der Waals surface area contributed by atoms with Gasteiger partial charge in [-0.1, -0.05) is 0 Å². The van der Waals surface area contributed by atoms with Gasteiger partial charge in [-0.25, -0.2) is 0 Å². The van der Waals surface area contributed by atoms with Crippen molar-refractivity contribution in [3.8, 4) is 0 Å². The van der Waals surface area contributed by atoms with Crippen molar-refractivity contribution in [2.45, 2.75) is 12.8 Å². The molecule has 1 aliphatic heterocycles. The van der Waals surface area contributed by atoms with Crippen LogP contribution in [-0.4, -0.2) is 32.5 Å². The molecule has 0 aromatic heterocycles. The second kappa shape index (κ2) is 4.07. The van der Waals surface area contributed by atoms with E-state index in [1.807, 2.05) is 0 Å². The van der Waals surface area contributed by atoms with Crippen molar-refractivity contribution in [3.63, 3.8) is 0 Å². The monoisotopic (exact) mass is 185 g/mol. The van der Waals surface area contributed by atoms with Crippen LogP contribution in [0.2, 0.25) is 0 Å². The van der Waals surface area contributed by atoms with Crippen LogP contribution in [0.5, 0.6) is 0 Å². The van der Waals surface area contributed by atoms with E-state index in [-0.39, 0.29) is 11.8 Å². The van der Waals surface area contributed by atoms with Gasteiger partial charge in [-0.3, -0.25) is 4.79 Å². The maximum absolute atomic E-state index is 11.5. The molecule has 1 saturated carbocycles. The molecular weight excluding hydrogens is 170 g/mol. The fourth-order valence-corrected chi connectivity index (χ4v) is 1.35. The Morgan fingerprint density at radius 3 is 2.62 bits per heavy atom. The zero-order valence-corrected chi connectivity index (χ0v) is 7.62. The predicted molar refractivity (Wildman–Crippen MR) is 46.0 cm³/mol. The lowest BCUT2D eigenvalue weighted by atomic mass is 10.1. The Morgan fingerprint density at radius 2 is 2.00 bits per heavy atom. The minimum atomic E-state index is -0.104. The Kier molecular flexibility index (Phi) is 2.80. The standard InChI is InChI=1S/C9H15NO3/c11-9(10-3-7-1-2-7)8-4-12-6-13-5-8/h7-8H,1-6H2,(H,10,11). The average molecular weight is 185 g/mol. The summed E-state index contributed by atoms with van der Waals surface area (Å²) in [4.78, 5) is 11.5. The van der Waals surface area contributed by atoms with Crippen LogP contribution in [-0.2, 0) is 14.3 Å². The highest BCUT2D eigenvalue weighted by atomic mass is 16.7. The van der Waals surface area contributed by atoms with Crippen LogP contribution in [0, 0.1) is 11.8 Å². The summed E-state index contributed by atoms with van der Waals surface area (Å²) in [5.41, 5.74) is 0. The molecule has 0 unspecified atom stereocenters. The third-order valence-corrected chi connectivity index (χ3v) is 2.44. The molecule has 0 aromatic carbocycles. The fraction of sp³-hybridized carbons (Fsp3) is 0.889. The Morgan fingerprint density at radius 1 is 1.31 bits per heavy atom. The van der Waals surface area contributed by atoms with Gasteiger partial charge in [0.1, 0.15) is 6.79 Å². The summed E-state index contributed by atoms with van der Waals surface area (Å²) in [6.45, 7) is 2.15. The summed E-state index contributed by atoms with van der Waals surface area (Å²) in [6.07, 6.45) is 2.52. The molecule has 2 aliphatic rings. The summed E-state index contributed by atoms with van der Waals surface area (Å²) in [5.74, 6) is 0.702. The number of amides is 1. The van der Waals surface area contributed by atoms with Crippen molar-refractivity contribution < 1.29 is 14.3 Å². The van der Waals surface area contributed by atoms with E-state index in [4.69, 9.17) is 9.47 Å². The Hall–Kier alpha value is -0.610. The first-order valence-electron chi connectivity index (χ1n) is 4.79. The molecule has 1 N–H and O–H groups in total. The summed E-state index contributed by atoms with van der Waals surface area (Å²) >= 11 is 0. The highest BCUT2D eigenvalue weighted by molar-refractivity contribution is 5.79. The quantitative estimate of drug-likeness (QED) is 0.680. The van der Waals surface area contributed by atoms with Gasteiger partial charge < -0.3 is 14.8 Å². The van der Waals surface area contributed by atoms with Crippen LogP contribution in [0.15, 0.2) is 0 Å². The summed E-state index contributed by atoms with van der Waals surface area (Å²) in [7, 11) is 0. The molecule has 13 heavy (non-hydrogen) atoms. The van der Waals surface area contributed by atoms with Crippen molar-refractivity contribution in [1.82, 2.24) is 5.32 Å². The van der Waals surface area contributed by atoms with Gasteiger partial charge in [-0.15, -0.1) is 0 Å². The maximum atomic E-state index is 11.5. The first-order chi connectivity index (χ1) is 6.36. The number of nitrogens with one attached hydrogen (secondary N) is 1. The van der Waals surface area contributed by atoms with Crippen LogP contribution in [0.4, 0.5) is 0 Å². The number of rotatable bonds is 3. The Labute approximate surface area is 77.6 Å². The van der Waals surface area contributed by atoms with Crippen LogP contribution in [0.25, 0.3) is 0 Å². The summed E-state index contributed by atoms with van der Waals surface area (Å²) in [6, 6.07) is 0. The van der Waals surface area contributed by atoms with E-state index in [0.29, 0.717) is 20.0 Å². The van der Waals surface area contributed by atoms with Crippen LogP contribution in [0.3, 0.4) is 0 Å². The van der Waals surface area contributed by atoms with Crippen LogP contribution >= 0.6 is 0 Å². The SMILES string of the molecule is O=C(NCC1CC1)C1COCOC1. The van der Waals surface area contributed by atoms with Crippen molar-refractivity contribution in [2.24, 2.45) is 11.8 Å². The molecule has 0 atom stereocenters. The molecule has 0 spiro atoms. The lowest BCUT2D eigenvalue weighted by Crippen LogP contribution is -2.39. The second-order valence-electron chi connectivity index (χ2n) is 3.74. The van der Waals surface area contributed by atoms with Gasteiger partial charge in [-0.05, 0) is 18.8 Å². The summed E-state index contributed by atoms with van der Waals surface area (Å²) in [5, 5.41) is 2.92. The first-order valence-corrected chi connectivity index (χ1v) is 4.79. The molecule has 0 bridgehead atoms. The van der Waals surface area contributed by atoms with Crippen molar-refractivity contribution in [2.75, 3.05) is 26.6 Å². The first kappa shape index (κ1) is 8.97. The smallest absolute Gasteiger partial charge is 0.227 e. The fourth-order valence-electron chi connectivity index (χ4n) is 1.35. The lowest BCUT2D eigenvalue weighted by Gasteiger charge is -2.21. The molecule has 4 nitrogen and oxygen atoms in total. The normalized spacial score (nSPS) is 24.3. The Balaban J connectivity index is 1.67. The lowest BCUT2D eigenvalue weighted by molar-refractivity contribution is -0.151. The van der Waals surface area contributed by atoms with Crippen molar-refractivity contribution >= 4 is 5.91 Å². The van der Waals surface area contributed by atoms with Gasteiger partial charge in [-0.2, -0.15) is 0 Å². The molecule has 1 saturated heterocycles. The van der Waals surface area contributed by atoms with E-state index in [2.05, 4.69) is 5.32 Å². The van der Waals surface area contributed by atoms with E-state index in [0.717, 1.165) is 12.5 Å². The van der Waals surface area contributed by atoms with E-state index in [1.165, 1.54) is 12.8 Å². The molecular formula is C9H15NO3. The summed E-state index contributed by atoms with van der Waals surface area (Å²) < 4.78 is 10.1. The van der Waals surface area contributed by atoms with Crippen molar-refractivity contribution in [1.29, 1.82) is 0 Å². The van der Waals surface area contributed by atoms with Gasteiger partial charge in [0.15, 0.2) is 0 Å². The van der Waals surface area contributed by atoms with Gasteiger partial charge in [0.2, 0.25) is 5.91 Å². The zero-order valence-electron chi connectivity index (χ0n) is 7.62. The van der Waals surface area contributed by atoms with Gasteiger partial charge in [0, 0.05) is 6.54 Å². The molecule has 1 amide bonds. The van der Waals surface area contributed by atoms with E-state index < -0.39 is 0 Å². The van der Waals surface area contributed by atoms with Crippen LogP contribution < -0.4 is 5.32 Å². The molecule has 0 radical (unpaired) electrons. The number of ether oxygens (including phenoxy) is 2. The molecule has 4 heteroatoms. The molecule has 0 aromatic rings. The van der Waals surface area contributed by atoms with Crippen molar-refractivity contribution in [3.05, 3.63) is 0 Å². The molecule has 74 valence electrons. The topological polar surface area (TPSA) is 47.6 Å². The average Bonchev–Trinajstić information content (AvgIpc) is 2.99. The number of hydrogen-bond acceptors (Lipinski definition) is 3. The molecule has 1 heterocycles. The highest BCUT2D eigenvalue weighted by Gasteiger charge is 2.25. The molecule has 2 fully saturated rings. The van der Waals surface area contributed by atoms with E-state index in [1.54, 1.807) is 0 Å². The maximum Gasteiger partial charge on any atom is 0.227 e. The molecule has 2 rings (SSSR count). The van der Waals surface area contributed by atoms with Gasteiger partial charge in [0.05, 0.1) is 19.1 Å². The second-order valence-corrected chi connectivity index (χ2v) is 3.74. The van der Waals surface area contributed by atoms with E-state index in [9.17, 15) is 4.79 Å².